The van der Waals surface area contributed by atoms with E-state index in [4.69, 9.17) is 0 Å². The summed E-state index contributed by atoms with van der Waals surface area (Å²) in [6.45, 7) is 16.7. The van der Waals surface area contributed by atoms with Crippen molar-refractivity contribution in [3.63, 3.8) is 0 Å². The molecule has 1 fully saturated rings. The van der Waals surface area contributed by atoms with Crippen molar-refractivity contribution >= 4 is 0 Å². The molecule has 0 saturated carbocycles. The second-order valence-corrected chi connectivity index (χ2v) is 4.40. The Labute approximate surface area is 111 Å². The largest absolute Gasteiger partial charge is 0.303 e. The molecule has 17 heavy (non-hydrogen) atoms. The third-order valence-electron chi connectivity index (χ3n) is 3.36. The highest BCUT2D eigenvalue weighted by Crippen LogP contribution is 2.19. The predicted molar refractivity (Wildman–Crippen MR) is 81.7 cm³/mol. The van der Waals surface area contributed by atoms with Crippen molar-refractivity contribution in [3.05, 3.63) is 0 Å². The normalized spacial score (nSPS) is 16.6. The van der Waals surface area contributed by atoms with Gasteiger partial charge < -0.3 is 4.90 Å². The van der Waals surface area contributed by atoms with Gasteiger partial charge in [-0.2, -0.15) is 0 Å². The van der Waals surface area contributed by atoms with Gasteiger partial charge in [-0.1, -0.05) is 60.8 Å². The predicted octanol–water partition coefficient (Wildman–Crippen LogP) is 5.35. The molecule has 1 rings (SSSR count). The van der Waals surface area contributed by atoms with Gasteiger partial charge >= 0.3 is 0 Å². The molecule has 0 aliphatic carbocycles. The summed E-state index contributed by atoms with van der Waals surface area (Å²) in [7, 11) is 0. The number of likely N-dealkylation sites (tertiary alicyclic amines) is 1. The van der Waals surface area contributed by atoms with Crippen molar-refractivity contribution < 1.29 is 0 Å². The summed E-state index contributed by atoms with van der Waals surface area (Å²) in [5.41, 5.74) is 0. The fourth-order valence-electron chi connectivity index (χ4n) is 2.20. The molecule has 0 aromatic heterocycles. The van der Waals surface area contributed by atoms with E-state index in [0.29, 0.717) is 0 Å². The lowest BCUT2D eigenvalue weighted by atomic mass is 9.94. The monoisotopic (exact) mass is 243 g/mol. The molecule has 0 unspecified atom stereocenters. The van der Waals surface area contributed by atoms with E-state index in [1.54, 1.807) is 0 Å². The minimum atomic E-state index is 1.03. The maximum Gasteiger partial charge on any atom is -0.00161 e. The van der Waals surface area contributed by atoms with Gasteiger partial charge in [-0.15, -0.1) is 0 Å². The average molecular weight is 243 g/mol. The Kier molecular flexibility index (Phi) is 18.1. The Bertz CT molecular complexity index is 112. The molecule has 0 N–H and O–H groups in total. The summed E-state index contributed by atoms with van der Waals surface area (Å²) in [5.74, 6) is 1.03. The van der Waals surface area contributed by atoms with Gasteiger partial charge in [0.15, 0.2) is 0 Å². The van der Waals surface area contributed by atoms with Crippen molar-refractivity contribution in [1.82, 2.24) is 4.90 Å². The first-order valence-electron chi connectivity index (χ1n) is 8.09. The zero-order valence-electron chi connectivity index (χ0n) is 13.4. The Balaban J connectivity index is 0. The van der Waals surface area contributed by atoms with Crippen LogP contribution < -0.4 is 0 Å². The number of piperidine rings is 1. The van der Waals surface area contributed by atoms with Crippen LogP contribution in [0, 0.1) is 5.92 Å². The summed E-state index contributed by atoms with van der Waals surface area (Å²) in [6.07, 6.45) is 8.46. The first-order valence-corrected chi connectivity index (χ1v) is 8.09. The lowest BCUT2D eigenvalue weighted by molar-refractivity contribution is 0.179. The summed E-state index contributed by atoms with van der Waals surface area (Å²) in [4.78, 5) is 2.65. The Hall–Kier alpha value is -0.0400. The van der Waals surface area contributed by atoms with Crippen LogP contribution in [-0.4, -0.2) is 24.5 Å². The third kappa shape index (κ3) is 10.8. The number of hydrogen-bond donors (Lipinski definition) is 0. The van der Waals surface area contributed by atoms with Gasteiger partial charge in [0.2, 0.25) is 0 Å². The topological polar surface area (TPSA) is 3.24 Å². The fraction of sp³-hybridized carbons (Fsp3) is 1.00. The molecule has 0 amide bonds. The van der Waals surface area contributed by atoms with Crippen molar-refractivity contribution in [2.75, 3.05) is 19.6 Å². The molecule has 1 saturated heterocycles. The van der Waals surface area contributed by atoms with Crippen LogP contribution in [0.25, 0.3) is 0 Å². The second kappa shape index (κ2) is 16.0. The lowest BCUT2D eigenvalue weighted by Crippen LogP contribution is -2.34. The highest BCUT2D eigenvalue weighted by molar-refractivity contribution is 4.70. The van der Waals surface area contributed by atoms with Gasteiger partial charge in [-0.05, 0) is 44.8 Å². The number of nitrogens with zero attached hydrogens (tertiary/aromatic N) is 1. The molecule has 1 heteroatoms. The van der Waals surface area contributed by atoms with E-state index in [9.17, 15) is 0 Å². The second-order valence-electron chi connectivity index (χ2n) is 4.40. The summed E-state index contributed by atoms with van der Waals surface area (Å²) < 4.78 is 0. The summed E-state index contributed by atoms with van der Waals surface area (Å²) in [6, 6.07) is 0. The standard InChI is InChI=1S/C12H25N.2C2H6/c1-3-5-6-9-13-10-7-12(4-2)8-11-13;2*1-2/h12H,3-11H2,1-2H3;2*1-2H3. The maximum atomic E-state index is 2.65. The van der Waals surface area contributed by atoms with Gasteiger partial charge in [0.1, 0.15) is 0 Å². The van der Waals surface area contributed by atoms with E-state index in [-0.39, 0.29) is 0 Å². The minimum absolute atomic E-state index is 1.03. The van der Waals surface area contributed by atoms with E-state index < -0.39 is 0 Å². The van der Waals surface area contributed by atoms with Gasteiger partial charge in [0.25, 0.3) is 0 Å². The van der Waals surface area contributed by atoms with Crippen molar-refractivity contribution in [2.45, 2.75) is 80.1 Å². The van der Waals surface area contributed by atoms with E-state index in [2.05, 4.69) is 18.7 Å². The minimum Gasteiger partial charge on any atom is -0.303 e. The maximum absolute atomic E-state index is 2.65. The Morgan fingerprint density at radius 1 is 0.882 bits per heavy atom. The molecule has 0 radical (unpaired) electrons. The molecule has 1 aliphatic rings. The summed E-state index contributed by atoms with van der Waals surface area (Å²) in [5, 5.41) is 0. The SMILES string of the molecule is CC.CC.CCCCCN1CCC(CC)CC1. The molecule has 1 nitrogen and oxygen atoms in total. The van der Waals surface area contributed by atoms with Crippen molar-refractivity contribution in [2.24, 2.45) is 5.92 Å². The van der Waals surface area contributed by atoms with Crippen LogP contribution in [0.1, 0.15) is 80.1 Å². The Morgan fingerprint density at radius 2 is 1.41 bits per heavy atom. The molecule has 0 atom stereocenters. The first-order chi connectivity index (χ1) is 8.36. The van der Waals surface area contributed by atoms with Gasteiger partial charge in [-0.3, -0.25) is 0 Å². The van der Waals surface area contributed by atoms with Gasteiger partial charge in [0.05, 0.1) is 0 Å². The van der Waals surface area contributed by atoms with Gasteiger partial charge in [-0.25, -0.2) is 0 Å². The average Bonchev–Trinajstić information content (AvgIpc) is 2.44. The molecule has 0 aromatic rings. The molecule has 1 heterocycles. The van der Waals surface area contributed by atoms with Crippen LogP contribution in [0.4, 0.5) is 0 Å². The van der Waals surface area contributed by atoms with Crippen LogP contribution in [-0.2, 0) is 0 Å². The molecule has 0 bridgehead atoms. The van der Waals surface area contributed by atoms with E-state index in [1.165, 1.54) is 58.2 Å². The fourth-order valence-corrected chi connectivity index (χ4v) is 2.20. The highest BCUT2D eigenvalue weighted by atomic mass is 15.1. The Morgan fingerprint density at radius 3 is 1.82 bits per heavy atom. The first kappa shape index (κ1) is 19.3. The number of unbranched alkanes of at least 4 members (excludes halogenated alkanes) is 2. The molecule has 0 aromatic carbocycles. The molecular formula is C16H37N. The zero-order valence-corrected chi connectivity index (χ0v) is 13.4. The molecular weight excluding hydrogens is 206 g/mol. The number of rotatable bonds is 5. The third-order valence-corrected chi connectivity index (χ3v) is 3.36. The van der Waals surface area contributed by atoms with Crippen LogP contribution in [0.2, 0.25) is 0 Å². The number of hydrogen-bond acceptors (Lipinski definition) is 1. The molecule has 106 valence electrons. The zero-order chi connectivity index (χ0) is 13.5. The smallest absolute Gasteiger partial charge is 0.00161 e. The molecule has 0 spiro atoms. The van der Waals surface area contributed by atoms with Crippen LogP contribution in [0.5, 0.6) is 0 Å². The molecule has 1 aliphatic heterocycles. The van der Waals surface area contributed by atoms with E-state index in [0.717, 1.165) is 5.92 Å². The van der Waals surface area contributed by atoms with E-state index >= 15 is 0 Å². The van der Waals surface area contributed by atoms with E-state index in [1.807, 2.05) is 27.7 Å². The quantitative estimate of drug-likeness (QED) is 0.588. The van der Waals surface area contributed by atoms with Gasteiger partial charge in [0, 0.05) is 0 Å². The van der Waals surface area contributed by atoms with Crippen LogP contribution >= 0.6 is 0 Å². The van der Waals surface area contributed by atoms with Crippen molar-refractivity contribution in [3.8, 4) is 0 Å². The summed E-state index contributed by atoms with van der Waals surface area (Å²) >= 11 is 0. The van der Waals surface area contributed by atoms with Crippen LogP contribution in [0.3, 0.4) is 0 Å². The highest BCUT2D eigenvalue weighted by Gasteiger charge is 2.16. The van der Waals surface area contributed by atoms with Crippen molar-refractivity contribution in [1.29, 1.82) is 0 Å². The van der Waals surface area contributed by atoms with Crippen LogP contribution in [0.15, 0.2) is 0 Å². The lowest BCUT2D eigenvalue weighted by Gasteiger charge is -2.31.